The first-order chi connectivity index (χ1) is 14.2. The van der Waals surface area contributed by atoms with Crippen LogP contribution >= 0.6 is 0 Å². The standard InChI is InChI=1S/C22H24N2O5/c25-21(23-13-17-15-27-19-10-4-5-11-20(19)29-17)18-9-6-12-24(18)22(26)28-14-16-7-2-1-3-8-16/h1-5,7-8,10-11,17-18H,6,9,12-15H2,(H,23,25). The number of hydrogen-bond acceptors (Lipinski definition) is 5. The summed E-state index contributed by atoms with van der Waals surface area (Å²) >= 11 is 0. The lowest BCUT2D eigenvalue weighted by molar-refractivity contribution is -0.125. The first-order valence-corrected chi connectivity index (χ1v) is 9.84. The number of para-hydroxylation sites is 2. The van der Waals surface area contributed by atoms with E-state index >= 15 is 0 Å². The second-order valence-corrected chi connectivity index (χ2v) is 7.13. The minimum Gasteiger partial charge on any atom is -0.486 e. The molecule has 2 atom stereocenters. The van der Waals surface area contributed by atoms with Gasteiger partial charge in [0, 0.05) is 6.54 Å². The van der Waals surface area contributed by atoms with Gasteiger partial charge in [0.25, 0.3) is 0 Å². The molecule has 152 valence electrons. The number of rotatable bonds is 5. The molecule has 7 nitrogen and oxygen atoms in total. The SMILES string of the molecule is O=C(NCC1COc2ccccc2O1)C1CCCN1C(=O)OCc1ccccc1. The summed E-state index contributed by atoms with van der Waals surface area (Å²) < 4.78 is 16.9. The summed E-state index contributed by atoms with van der Waals surface area (Å²) in [7, 11) is 0. The zero-order chi connectivity index (χ0) is 20.1. The van der Waals surface area contributed by atoms with Crippen LogP contribution in [0, 0.1) is 0 Å². The third kappa shape index (κ3) is 4.62. The van der Waals surface area contributed by atoms with Gasteiger partial charge < -0.3 is 19.5 Å². The normalized spacial score (nSPS) is 20.2. The van der Waals surface area contributed by atoms with Gasteiger partial charge in [-0.05, 0) is 30.5 Å². The Labute approximate surface area is 169 Å². The highest BCUT2D eigenvalue weighted by molar-refractivity contribution is 5.86. The van der Waals surface area contributed by atoms with Gasteiger partial charge in [-0.25, -0.2) is 4.79 Å². The van der Waals surface area contributed by atoms with Crippen LogP contribution in [0.1, 0.15) is 18.4 Å². The van der Waals surface area contributed by atoms with Gasteiger partial charge in [0.1, 0.15) is 25.4 Å². The molecule has 0 saturated carbocycles. The van der Waals surface area contributed by atoms with Gasteiger partial charge in [0.15, 0.2) is 11.5 Å². The van der Waals surface area contributed by atoms with E-state index in [4.69, 9.17) is 14.2 Å². The number of fused-ring (bicyclic) bond motifs is 1. The van der Waals surface area contributed by atoms with Crippen LogP contribution in [0.15, 0.2) is 54.6 Å². The van der Waals surface area contributed by atoms with Crippen molar-refractivity contribution >= 4 is 12.0 Å². The van der Waals surface area contributed by atoms with E-state index in [0.29, 0.717) is 37.6 Å². The van der Waals surface area contributed by atoms with Gasteiger partial charge in [0.2, 0.25) is 5.91 Å². The molecule has 7 heteroatoms. The molecule has 0 spiro atoms. The highest BCUT2D eigenvalue weighted by Crippen LogP contribution is 2.30. The molecule has 1 fully saturated rings. The quantitative estimate of drug-likeness (QED) is 0.841. The number of amides is 2. The van der Waals surface area contributed by atoms with E-state index in [-0.39, 0.29) is 18.6 Å². The third-order valence-corrected chi connectivity index (χ3v) is 5.07. The highest BCUT2D eigenvalue weighted by atomic mass is 16.6. The first-order valence-electron chi connectivity index (χ1n) is 9.84. The summed E-state index contributed by atoms with van der Waals surface area (Å²) in [6.45, 7) is 1.39. The van der Waals surface area contributed by atoms with Crippen molar-refractivity contribution in [2.75, 3.05) is 19.7 Å². The molecule has 4 rings (SSSR count). The van der Waals surface area contributed by atoms with Gasteiger partial charge in [-0.2, -0.15) is 0 Å². The Kier molecular flexibility index (Phi) is 5.84. The highest BCUT2D eigenvalue weighted by Gasteiger charge is 2.35. The van der Waals surface area contributed by atoms with Crippen molar-refractivity contribution in [3.63, 3.8) is 0 Å². The average Bonchev–Trinajstić information content (AvgIpc) is 3.26. The lowest BCUT2D eigenvalue weighted by atomic mass is 10.2. The fraction of sp³-hybridized carbons (Fsp3) is 0.364. The number of nitrogens with zero attached hydrogens (tertiary/aromatic N) is 1. The van der Waals surface area contributed by atoms with Crippen molar-refractivity contribution in [3.05, 3.63) is 60.2 Å². The fourth-order valence-electron chi connectivity index (χ4n) is 3.56. The molecule has 2 amide bonds. The third-order valence-electron chi connectivity index (χ3n) is 5.07. The Bertz CT molecular complexity index is 857. The number of likely N-dealkylation sites (tertiary alicyclic amines) is 1. The zero-order valence-corrected chi connectivity index (χ0v) is 16.1. The van der Waals surface area contributed by atoms with E-state index in [2.05, 4.69) is 5.32 Å². The van der Waals surface area contributed by atoms with Crippen molar-refractivity contribution in [2.45, 2.75) is 31.6 Å². The van der Waals surface area contributed by atoms with Crippen molar-refractivity contribution < 1.29 is 23.8 Å². The van der Waals surface area contributed by atoms with Crippen LogP contribution in [0.5, 0.6) is 11.5 Å². The summed E-state index contributed by atoms with van der Waals surface area (Å²) in [6, 6.07) is 16.4. The summed E-state index contributed by atoms with van der Waals surface area (Å²) in [5, 5.41) is 2.89. The second-order valence-electron chi connectivity index (χ2n) is 7.13. The molecule has 29 heavy (non-hydrogen) atoms. The number of benzene rings is 2. The number of nitrogens with one attached hydrogen (secondary N) is 1. The minimum atomic E-state index is -0.518. The number of carbonyl (C=O) groups excluding carboxylic acids is 2. The predicted molar refractivity (Wildman–Crippen MR) is 106 cm³/mol. The molecule has 0 aliphatic carbocycles. The van der Waals surface area contributed by atoms with Crippen LogP contribution in [-0.4, -0.2) is 48.7 Å². The second kappa shape index (κ2) is 8.86. The molecule has 2 heterocycles. The summed E-state index contributed by atoms with van der Waals surface area (Å²) in [5.74, 6) is 1.19. The van der Waals surface area contributed by atoms with E-state index in [0.717, 1.165) is 12.0 Å². The monoisotopic (exact) mass is 396 g/mol. The van der Waals surface area contributed by atoms with E-state index in [1.807, 2.05) is 54.6 Å². The van der Waals surface area contributed by atoms with Crippen molar-refractivity contribution in [2.24, 2.45) is 0 Å². The molecule has 2 aliphatic heterocycles. The van der Waals surface area contributed by atoms with Gasteiger partial charge in [0.05, 0.1) is 6.54 Å². The molecule has 1 N–H and O–H groups in total. The molecular formula is C22H24N2O5. The smallest absolute Gasteiger partial charge is 0.410 e. The summed E-state index contributed by atoms with van der Waals surface area (Å²) in [5.41, 5.74) is 0.913. The van der Waals surface area contributed by atoms with Crippen molar-refractivity contribution in [1.82, 2.24) is 10.2 Å². The molecular weight excluding hydrogens is 372 g/mol. The van der Waals surface area contributed by atoms with Gasteiger partial charge in [-0.15, -0.1) is 0 Å². The maximum atomic E-state index is 12.7. The van der Waals surface area contributed by atoms with Gasteiger partial charge in [-0.1, -0.05) is 42.5 Å². The molecule has 2 unspecified atom stereocenters. The van der Waals surface area contributed by atoms with E-state index in [1.54, 1.807) is 0 Å². The number of carbonyl (C=O) groups is 2. The van der Waals surface area contributed by atoms with E-state index < -0.39 is 12.1 Å². The van der Waals surface area contributed by atoms with Crippen molar-refractivity contribution in [3.8, 4) is 11.5 Å². The zero-order valence-electron chi connectivity index (χ0n) is 16.1. The molecule has 0 radical (unpaired) electrons. The minimum absolute atomic E-state index is 0.192. The largest absolute Gasteiger partial charge is 0.486 e. The Morgan fingerprint density at radius 1 is 1.07 bits per heavy atom. The van der Waals surface area contributed by atoms with Gasteiger partial charge >= 0.3 is 6.09 Å². The molecule has 2 aromatic carbocycles. The molecule has 2 aromatic rings. The first kappa shape index (κ1) is 19.1. The van der Waals surface area contributed by atoms with E-state index in [9.17, 15) is 9.59 Å². The maximum absolute atomic E-state index is 12.7. The predicted octanol–water partition coefficient (Wildman–Crippen LogP) is 2.74. The van der Waals surface area contributed by atoms with E-state index in [1.165, 1.54) is 4.90 Å². The van der Waals surface area contributed by atoms with Crippen LogP contribution < -0.4 is 14.8 Å². The molecule has 1 saturated heterocycles. The Balaban J connectivity index is 1.27. The average molecular weight is 396 g/mol. The summed E-state index contributed by atoms with van der Waals surface area (Å²) in [4.78, 5) is 26.6. The van der Waals surface area contributed by atoms with Crippen LogP contribution in [0.25, 0.3) is 0 Å². The van der Waals surface area contributed by atoms with Crippen LogP contribution in [-0.2, 0) is 16.1 Å². The molecule has 2 aliphatic rings. The number of hydrogen-bond donors (Lipinski definition) is 1. The molecule has 0 aromatic heterocycles. The molecule has 0 bridgehead atoms. The maximum Gasteiger partial charge on any atom is 0.410 e. The van der Waals surface area contributed by atoms with Gasteiger partial charge in [-0.3, -0.25) is 9.69 Å². The summed E-state index contributed by atoms with van der Waals surface area (Å²) in [6.07, 6.45) is 0.665. The topological polar surface area (TPSA) is 77.1 Å². The van der Waals surface area contributed by atoms with Crippen LogP contribution in [0.2, 0.25) is 0 Å². The Morgan fingerprint density at radius 2 is 1.83 bits per heavy atom. The fourth-order valence-corrected chi connectivity index (χ4v) is 3.56. The lowest BCUT2D eigenvalue weighted by Crippen LogP contribution is -2.49. The van der Waals surface area contributed by atoms with Crippen LogP contribution in [0.4, 0.5) is 4.79 Å². The Hall–Kier alpha value is -3.22. The van der Waals surface area contributed by atoms with Crippen LogP contribution in [0.3, 0.4) is 0 Å². The van der Waals surface area contributed by atoms with Crippen molar-refractivity contribution in [1.29, 1.82) is 0 Å². The lowest BCUT2D eigenvalue weighted by Gasteiger charge is -2.28. The Morgan fingerprint density at radius 3 is 2.66 bits per heavy atom. The number of ether oxygens (including phenoxy) is 3.